The highest BCUT2D eigenvalue weighted by Crippen LogP contribution is 2.51. The van der Waals surface area contributed by atoms with Crippen LogP contribution in [0.2, 0.25) is 0 Å². The third-order valence-electron chi connectivity index (χ3n) is 5.89. The highest BCUT2D eigenvalue weighted by atomic mass is 31.2. The highest BCUT2D eigenvalue weighted by Gasteiger charge is 2.34. The summed E-state index contributed by atoms with van der Waals surface area (Å²) in [6.45, 7) is 12.9. The van der Waals surface area contributed by atoms with Crippen molar-refractivity contribution < 1.29 is 19.2 Å². The Kier molecular flexibility index (Phi) is 5.99. The molecule has 168 valence electrons. The fraction of sp³-hybridized carbons (Fsp3) is 0.308. The van der Waals surface area contributed by atoms with Gasteiger partial charge in [-0.15, -0.1) is 0 Å². The number of hydrogen-bond acceptors (Lipinski definition) is 4. The van der Waals surface area contributed by atoms with Crippen LogP contribution in [0.5, 0.6) is 5.75 Å². The molecule has 1 atom stereocenters. The van der Waals surface area contributed by atoms with E-state index in [1.165, 1.54) is 5.56 Å². The molecule has 0 bridgehead atoms. The molecule has 3 aromatic carbocycles. The Morgan fingerprint density at radius 3 is 1.97 bits per heavy atom. The van der Waals surface area contributed by atoms with Gasteiger partial charge >= 0.3 is 0 Å². The molecule has 0 aromatic heterocycles. The lowest BCUT2D eigenvalue weighted by Crippen LogP contribution is -2.28. The molecule has 0 amide bonds. The van der Waals surface area contributed by atoms with Gasteiger partial charge in [-0.3, -0.25) is 0 Å². The first-order valence-corrected chi connectivity index (χ1v) is 13.1. The Labute approximate surface area is 192 Å². The van der Waals surface area contributed by atoms with E-state index in [0.717, 1.165) is 27.8 Å². The van der Waals surface area contributed by atoms with Gasteiger partial charge in [0.2, 0.25) is 0 Å². The van der Waals surface area contributed by atoms with Crippen molar-refractivity contribution in [2.24, 2.45) is 0 Å². The van der Waals surface area contributed by atoms with Gasteiger partial charge in [0.1, 0.15) is 5.75 Å². The Morgan fingerprint density at radius 2 is 1.38 bits per heavy atom. The molecule has 0 saturated heterocycles. The van der Waals surface area contributed by atoms with Crippen molar-refractivity contribution in [3.8, 4) is 28.0 Å². The van der Waals surface area contributed by atoms with Crippen molar-refractivity contribution in [3.63, 3.8) is 0 Å². The second-order valence-corrected chi connectivity index (χ2v) is 12.5. The van der Waals surface area contributed by atoms with E-state index in [-0.39, 0.29) is 10.8 Å². The predicted molar refractivity (Wildman–Crippen MR) is 135 cm³/mol. The molecule has 0 aliphatic heterocycles. The SMILES string of the molecule is CC(C)(C)c1ccc(OP(O)c2c(P(O)O)ccc3c2-c2ccccc2-3)c(C(C)(C)C)c1. The minimum atomic E-state index is -2.38. The maximum absolute atomic E-state index is 11.3. The van der Waals surface area contributed by atoms with Gasteiger partial charge in [-0.2, -0.15) is 0 Å². The molecule has 1 unspecified atom stereocenters. The summed E-state index contributed by atoms with van der Waals surface area (Å²) < 4.78 is 6.21. The molecule has 6 heteroatoms. The first-order chi connectivity index (χ1) is 14.9. The molecular weight excluding hydrogens is 438 g/mol. The average Bonchev–Trinajstić information content (AvgIpc) is 2.69. The molecule has 4 rings (SSSR count). The van der Waals surface area contributed by atoms with Crippen molar-refractivity contribution in [2.75, 3.05) is 0 Å². The van der Waals surface area contributed by atoms with Gasteiger partial charge in [0.15, 0.2) is 8.38 Å². The van der Waals surface area contributed by atoms with Crippen molar-refractivity contribution in [1.82, 2.24) is 0 Å². The van der Waals surface area contributed by atoms with Gasteiger partial charge in [-0.1, -0.05) is 84.0 Å². The van der Waals surface area contributed by atoms with E-state index in [1.54, 1.807) is 6.07 Å². The first-order valence-electron chi connectivity index (χ1n) is 10.7. The van der Waals surface area contributed by atoms with Crippen LogP contribution in [0.15, 0.2) is 54.6 Å². The van der Waals surface area contributed by atoms with Crippen LogP contribution in [-0.4, -0.2) is 14.7 Å². The molecule has 32 heavy (non-hydrogen) atoms. The Hall–Kier alpha value is -1.80. The molecule has 0 heterocycles. The molecule has 1 aliphatic rings. The van der Waals surface area contributed by atoms with Crippen molar-refractivity contribution in [3.05, 3.63) is 65.7 Å². The normalized spacial score (nSPS) is 13.9. The zero-order valence-electron chi connectivity index (χ0n) is 19.3. The molecule has 0 spiro atoms. The third-order valence-corrected chi connectivity index (χ3v) is 8.09. The molecule has 3 N–H and O–H groups in total. The molecule has 0 saturated carbocycles. The Morgan fingerprint density at radius 1 is 0.719 bits per heavy atom. The van der Waals surface area contributed by atoms with Gasteiger partial charge in [0.25, 0.3) is 8.38 Å². The maximum atomic E-state index is 11.3. The molecular formula is C26H30O4P2. The van der Waals surface area contributed by atoms with Gasteiger partial charge in [0.05, 0.1) is 5.30 Å². The van der Waals surface area contributed by atoms with E-state index >= 15 is 0 Å². The van der Waals surface area contributed by atoms with E-state index in [0.29, 0.717) is 16.4 Å². The summed E-state index contributed by atoms with van der Waals surface area (Å²) >= 11 is 0. The summed E-state index contributed by atoms with van der Waals surface area (Å²) in [6, 6.07) is 17.7. The third kappa shape index (κ3) is 4.12. The summed E-state index contributed by atoms with van der Waals surface area (Å²) in [4.78, 5) is 31.5. The number of fused-ring (bicyclic) bond motifs is 4. The van der Waals surface area contributed by atoms with Crippen LogP contribution in [0.1, 0.15) is 52.7 Å². The van der Waals surface area contributed by atoms with Gasteiger partial charge < -0.3 is 19.2 Å². The average molecular weight is 468 g/mol. The lowest BCUT2D eigenvalue weighted by Gasteiger charge is -2.31. The number of rotatable bonds is 4. The van der Waals surface area contributed by atoms with Crippen LogP contribution in [0.4, 0.5) is 0 Å². The summed E-state index contributed by atoms with van der Waals surface area (Å²) in [6.07, 6.45) is 0. The zero-order valence-corrected chi connectivity index (χ0v) is 21.1. The Bertz CT molecular complexity index is 1170. The van der Waals surface area contributed by atoms with Crippen LogP contribution in [-0.2, 0) is 10.8 Å². The zero-order chi connectivity index (χ0) is 23.4. The highest BCUT2D eigenvalue weighted by molar-refractivity contribution is 7.62. The van der Waals surface area contributed by atoms with Crippen LogP contribution in [0.25, 0.3) is 22.3 Å². The fourth-order valence-corrected chi connectivity index (χ4v) is 6.28. The second kappa shape index (κ2) is 8.20. The van der Waals surface area contributed by atoms with E-state index in [2.05, 4.69) is 47.6 Å². The van der Waals surface area contributed by atoms with Crippen molar-refractivity contribution >= 4 is 27.4 Å². The first kappa shape index (κ1) is 23.4. The van der Waals surface area contributed by atoms with Gasteiger partial charge in [0, 0.05) is 16.4 Å². The van der Waals surface area contributed by atoms with Crippen molar-refractivity contribution in [2.45, 2.75) is 52.4 Å². The summed E-state index contributed by atoms with van der Waals surface area (Å²) in [7, 11) is -4.50. The smallest absolute Gasteiger partial charge is 0.263 e. The minimum Gasteiger partial charge on any atom is -0.444 e. The largest absolute Gasteiger partial charge is 0.444 e. The van der Waals surface area contributed by atoms with E-state index < -0.39 is 16.8 Å². The lowest BCUT2D eigenvalue weighted by molar-refractivity contribution is 0.476. The quantitative estimate of drug-likeness (QED) is 0.328. The monoisotopic (exact) mass is 468 g/mol. The van der Waals surface area contributed by atoms with Crippen LogP contribution < -0.4 is 15.1 Å². The summed E-state index contributed by atoms with van der Waals surface area (Å²) in [5.41, 5.74) is 5.97. The van der Waals surface area contributed by atoms with E-state index in [9.17, 15) is 14.7 Å². The lowest BCUT2D eigenvalue weighted by atomic mass is 9.80. The van der Waals surface area contributed by atoms with Crippen LogP contribution in [0, 0.1) is 0 Å². The minimum absolute atomic E-state index is 0.00862. The summed E-state index contributed by atoms with van der Waals surface area (Å²) in [5.74, 6) is 0.621. The molecule has 1 aliphatic carbocycles. The molecule has 4 nitrogen and oxygen atoms in total. The topological polar surface area (TPSA) is 69.9 Å². The van der Waals surface area contributed by atoms with Gasteiger partial charge in [-0.05, 0) is 45.2 Å². The van der Waals surface area contributed by atoms with E-state index in [1.807, 2.05) is 42.5 Å². The van der Waals surface area contributed by atoms with Crippen molar-refractivity contribution in [1.29, 1.82) is 0 Å². The maximum Gasteiger partial charge on any atom is 0.263 e. The van der Waals surface area contributed by atoms with E-state index in [4.69, 9.17) is 4.52 Å². The molecule has 0 radical (unpaired) electrons. The van der Waals surface area contributed by atoms with Crippen LogP contribution in [0.3, 0.4) is 0 Å². The standard InChI is InChI=1S/C26H30O4P2/c1-25(2,3)16-11-13-21(20(15-16)26(4,5)6)30-32(29)24-22(31(27)28)14-12-19-17-9-7-8-10-18(17)23(19)24/h7-15,27-29H,1-6H3. The Balaban J connectivity index is 1.79. The number of hydrogen-bond donors (Lipinski definition) is 3. The fourth-order valence-electron chi connectivity index (χ4n) is 4.11. The molecule has 3 aromatic rings. The predicted octanol–water partition coefficient (Wildman–Crippen LogP) is 5.86. The second-order valence-electron chi connectivity index (χ2n) is 10.3. The molecule has 0 fully saturated rings. The number of benzene rings is 3. The van der Waals surface area contributed by atoms with Gasteiger partial charge in [-0.25, -0.2) is 0 Å². The summed E-state index contributed by atoms with van der Waals surface area (Å²) in [5, 5.41) is 0.831. The van der Waals surface area contributed by atoms with Crippen LogP contribution >= 0.6 is 16.8 Å².